The van der Waals surface area contributed by atoms with E-state index in [0.717, 1.165) is 37.1 Å². The normalized spacial score (nSPS) is 29.9. The first kappa shape index (κ1) is 19.4. The number of aromatic hydroxyl groups is 1. The van der Waals surface area contributed by atoms with Crippen molar-refractivity contribution in [2.45, 2.75) is 64.0 Å². The molecule has 0 saturated heterocycles. The van der Waals surface area contributed by atoms with Crippen molar-refractivity contribution in [3.8, 4) is 17.1 Å². The number of anilines is 1. The molecule has 6 nitrogen and oxygen atoms in total. The Balaban J connectivity index is 1.43. The lowest BCUT2D eigenvalue weighted by molar-refractivity contribution is -0.0814. The van der Waals surface area contributed by atoms with Gasteiger partial charge in [-0.25, -0.2) is 4.98 Å². The minimum absolute atomic E-state index is 0.00267. The van der Waals surface area contributed by atoms with Crippen LogP contribution >= 0.6 is 11.6 Å². The van der Waals surface area contributed by atoms with Gasteiger partial charge in [0.1, 0.15) is 23.0 Å². The summed E-state index contributed by atoms with van der Waals surface area (Å²) >= 11 is 5.86. The number of aryl methyl sites for hydroxylation is 1. The standard InChI is InChI=1S/C21H27ClN4O2/c1-12-6-18(25-26-19(12)20-17(27)8-15(22)11-23-20)24-16-5-3-4-13(7-16)14-9-21(2,28)10-14/h6,8,11,13-14,16,27-28H,3-5,7,9-10H2,1-2H3,(H,24,25). The van der Waals surface area contributed by atoms with Gasteiger partial charge < -0.3 is 15.5 Å². The molecule has 4 rings (SSSR count). The van der Waals surface area contributed by atoms with E-state index in [9.17, 15) is 10.2 Å². The van der Waals surface area contributed by atoms with Gasteiger partial charge in [0.05, 0.1) is 10.6 Å². The highest BCUT2D eigenvalue weighted by molar-refractivity contribution is 6.30. The third kappa shape index (κ3) is 4.08. The molecule has 2 aromatic rings. The summed E-state index contributed by atoms with van der Waals surface area (Å²) in [6.45, 7) is 3.88. The van der Waals surface area contributed by atoms with E-state index in [4.69, 9.17) is 11.6 Å². The molecular formula is C21H27ClN4O2. The van der Waals surface area contributed by atoms with Crippen LogP contribution in [-0.4, -0.2) is 37.0 Å². The molecule has 7 heteroatoms. The fraction of sp³-hybridized carbons (Fsp3) is 0.571. The molecule has 0 aromatic carbocycles. The van der Waals surface area contributed by atoms with Crippen LogP contribution < -0.4 is 5.32 Å². The molecule has 2 atom stereocenters. The van der Waals surface area contributed by atoms with E-state index in [-0.39, 0.29) is 5.75 Å². The van der Waals surface area contributed by atoms with E-state index in [2.05, 4.69) is 20.5 Å². The Kier molecular flexibility index (Phi) is 5.19. The van der Waals surface area contributed by atoms with Crippen LogP contribution in [0.4, 0.5) is 5.82 Å². The topological polar surface area (TPSA) is 91.2 Å². The number of aromatic nitrogens is 3. The van der Waals surface area contributed by atoms with Gasteiger partial charge in [0.2, 0.25) is 0 Å². The molecule has 0 aliphatic heterocycles. The van der Waals surface area contributed by atoms with Crippen molar-refractivity contribution in [3.05, 3.63) is 28.9 Å². The zero-order chi connectivity index (χ0) is 19.9. The number of pyridine rings is 1. The quantitative estimate of drug-likeness (QED) is 0.704. The maximum absolute atomic E-state index is 10.1. The van der Waals surface area contributed by atoms with Crippen molar-refractivity contribution in [2.75, 3.05) is 5.32 Å². The zero-order valence-electron chi connectivity index (χ0n) is 16.3. The van der Waals surface area contributed by atoms with Crippen LogP contribution in [0.5, 0.6) is 5.75 Å². The van der Waals surface area contributed by atoms with Gasteiger partial charge in [-0.3, -0.25) is 0 Å². The number of hydrogen-bond acceptors (Lipinski definition) is 6. The Morgan fingerprint density at radius 2 is 1.93 bits per heavy atom. The summed E-state index contributed by atoms with van der Waals surface area (Å²) in [5, 5.41) is 32.7. The van der Waals surface area contributed by atoms with E-state index < -0.39 is 5.60 Å². The van der Waals surface area contributed by atoms with Crippen LogP contribution in [0, 0.1) is 18.8 Å². The van der Waals surface area contributed by atoms with Gasteiger partial charge in [-0.15, -0.1) is 10.2 Å². The molecule has 2 heterocycles. The molecular weight excluding hydrogens is 376 g/mol. The number of nitrogens with zero attached hydrogens (tertiary/aromatic N) is 3. The Morgan fingerprint density at radius 1 is 1.14 bits per heavy atom. The van der Waals surface area contributed by atoms with Gasteiger partial charge in [-0.2, -0.15) is 0 Å². The fourth-order valence-corrected chi connectivity index (χ4v) is 4.95. The summed E-state index contributed by atoms with van der Waals surface area (Å²) in [7, 11) is 0. The number of rotatable bonds is 4. The third-order valence-corrected chi connectivity index (χ3v) is 6.39. The largest absolute Gasteiger partial charge is 0.506 e. The highest BCUT2D eigenvalue weighted by atomic mass is 35.5. The molecule has 0 radical (unpaired) electrons. The van der Waals surface area contributed by atoms with E-state index >= 15 is 0 Å². The molecule has 150 valence electrons. The number of halogens is 1. The monoisotopic (exact) mass is 402 g/mol. The summed E-state index contributed by atoms with van der Waals surface area (Å²) in [5.41, 5.74) is 1.38. The Bertz CT molecular complexity index is 865. The van der Waals surface area contributed by atoms with Gasteiger partial charge in [0.25, 0.3) is 0 Å². The smallest absolute Gasteiger partial charge is 0.149 e. The molecule has 2 aromatic heterocycles. The van der Waals surface area contributed by atoms with Crippen LogP contribution in [0.1, 0.15) is 51.0 Å². The summed E-state index contributed by atoms with van der Waals surface area (Å²) in [6, 6.07) is 3.79. The predicted molar refractivity (Wildman–Crippen MR) is 109 cm³/mol. The highest BCUT2D eigenvalue weighted by Crippen LogP contribution is 2.46. The number of aliphatic hydroxyl groups is 1. The van der Waals surface area contributed by atoms with E-state index in [1.165, 1.54) is 25.1 Å². The maximum atomic E-state index is 10.1. The second kappa shape index (κ2) is 7.48. The van der Waals surface area contributed by atoms with Crippen molar-refractivity contribution in [1.82, 2.24) is 15.2 Å². The van der Waals surface area contributed by atoms with Crippen LogP contribution in [0.3, 0.4) is 0 Å². The van der Waals surface area contributed by atoms with Crippen molar-refractivity contribution < 1.29 is 10.2 Å². The average molecular weight is 403 g/mol. The van der Waals surface area contributed by atoms with Crippen LogP contribution in [0.25, 0.3) is 11.4 Å². The highest BCUT2D eigenvalue weighted by Gasteiger charge is 2.43. The first-order valence-corrected chi connectivity index (χ1v) is 10.4. The zero-order valence-corrected chi connectivity index (χ0v) is 17.1. The SMILES string of the molecule is Cc1cc(NC2CCCC(C3CC(C)(O)C3)C2)nnc1-c1ncc(Cl)cc1O. The van der Waals surface area contributed by atoms with Crippen LogP contribution in [0.15, 0.2) is 18.3 Å². The molecule has 2 aliphatic rings. The summed E-state index contributed by atoms with van der Waals surface area (Å²) < 4.78 is 0. The lowest BCUT2D eigenvalue weighted by Crippen LogP contribution is -2.46. The third-order valence-electron chi connectivity index (χ3n) is 6.18. The van der Waals surface area contributed by atoms with Gasteiger partial charge in [0, 0.05) is 18.3 Å². The average Bonchev–Trinajstić information content (AvgIpc) is 2.61. The van der Waals surface area contributed by atoms with Crippen molar-refractivity contribution in [3.63, 3.8) is 0 Å². The van der Waals surface area contributed by atoms with Gasteiger partial charge in [-0.1, -0.05) is 24.4 Å². The summed E-state index contributed by atoms with van der Waals surface area (Å²) in [4.78, 5) is 4.19. The predicted octanol–water partition coefficient (Wildman–Crippen LogP) is 4.34. The van der Waals surface area contributed by atoms with Crippen molar-refractivity contribution >= 4 is 17.4 Å². The molecule has 2 fully saturated rings. The lowest BCUT2D eigenvalue weighted by atomic mass is 9.62. The summed E-state index contributed by atoms with van der Waals surface area (Å²) in [6.07, 6.45) is 8.04. The van der Waals surface area contributed by atoms with Crippen LogP contribution in [0.2, 0.25) is 5.02 Å². The number of hydrogen-bond donors (Lipinski definition) is 3. The Morgan fingerprint density at radius 3 is 2.61 bits per heavy atom. The lowest BCUT2D eigenvalue weighted by Gasteiger charge is -2.47. The molecule has 2 aliphatic carbocycles. The van der Waals surface area contributed by atoms with Gasteiger partial charge in [0.15, 0.2) is 0 Å². The summed E-state index contributed by atoms with van der Waals surface area (Å²) in [5.74, 6) is 2.07. The molecule has 0 spiro atoms. The number of nitrogens with one attached hydrogen (secondary N) is 1. The molecule has 0 amide bonds. The minimum atomic E-state index is -0.454. The first-order chi connectivity index (χ1) is 13.3. The van der Waals surface area contributed by atoms with Crippen LogP contribution in [-0.2, 0) is 0 Å². The van der Waals surface area contributed by atoms with E-state index in [1.54, 1.807) is 0 Å². The second-order valence-electron chi connectivity index (χ2n) is 8.72. The van der Waals surface area contributed by atoms with Crippen molar-refractivity contribution in [2.24, 2.45) is 11.8 Å². The second-order valence-corrected chi connectivity index (χ2v) is 9.15. The Labute approximate surface area is 170 Å². The first-order valence-electron chi connectivity index (χ1n) is 9.99. The molecule has 2 saturated carbocycles. The maximum Gasteiger partial charge on any atom is 0.149 e. The molecule has 2 unspecified atom stereocenters. The van der Waals surface area contributed by atoms with Gasteiger partial charge in [-0.05, 0) is 63.0 Å². The molecule has 28 heavy (non-hydrogen) atoms. The minimum Gasteiger partial charge on any atom is -0.506 e. The molecule has 0 bridgehead atoms. The van der Waals surface area contributed by atoms with E-state index in [0.29, 0.717) is 34.3 Å². The van der Waals surface area contributed by atoms with E-state index in [1.807, 2.05) is 19.9 Å². The Hall–Kier alpha value is -1.92. The molecule has 3 N–H and O–H groups in total. The fourth-order valence-electron chi connectivity index (χ4n) is 4.80. The van der Waals surface area contributed by atoms with Gasteiger partial charge >= 0.3 is 0 Å². The van der Waals surface area contributed by atoms with Crippen molar-refractivity contribution in [1.29, 1.82) is 0 Å².